The zero-order valence-corrected chi connectivity index (χ0v) is 11.6. The maximum absolute atomic E-state index is 5.56. The van der Waals surface area contributed by atoms with E-state index < -0.39 is 0 Å². The highest BCUT2D eigenvalue weighted by Gasteiger charge is 2.21. The van der Waals surface area contributed by atoms with Crippen LogP contribution in [0.15, 0.2) is 0 Å². The molecule has 1 aromatic rings. The number of nitrogens with two attached hydrogens (primary N) is 1. The van der Waals surface area contributed by atoms with Gasteiger partial charge in [0.15, 0.2) is 0 Å². The Bertz CT molecular complexity index is 329. The molecule has 1 aromatic heterocycles. The first kappa shape index (κ1) is 13.4. The number of aromatic nitrogens is 2. The highest BCUT2D eigenvalue weighted by Crippen LogP contribution is 2.25. The van der Waals surface area contributed by atoms with Crippen LogP contribution < -0.4 is 10.6 Å². The Morgan fingerprint density at radius 2 is 2.06 bits per heavy atom. The van der Waals surface area contributed by atoms with Crippen LogP contribution in [0.5, 0.6) is 0 Å². The summed E-state index contributed by atoms with van der Waals surface area (Å²) in [5.41, 5.74) is 5.58. The molecule has 2 N–H and O–H groups in total. The van der Waals surface area contributed by atoms with E-state index in [1.807, 2.05) is 7.05 Å². The summed E-state index contributed by atoms with van der Waals surface area (Å²) in [6.45, 7) is 9.24. The summed E-state index contributed by atoms with van der Waals surface area (Å²) < 4.78 is 4.41. The fraction of sp³-hybridized carbons (Fsp3) is 0.818. The van der Waals surface area contributed by atoms with E-state index in [0.717, 1.165) is 17.4 Å². The molecule has 16 heavy (non-hydrogen) atoms. The van der Waals surface area contributed by atoms with Crippen molar-refractivity contribution in [3.8, 4) is 0 Å². The molecule has 0 bridgehead atoms. The van der Waals surface area contributed by atoms with E-state index in [2.05, 4.69) is 42.0 Å². The molecule has 0 aliphatic rings. The molecule has 0 fully saturated rings. The Hall–Kier alpha value is -0.680. The molecule has 4 nitrogen and oxygen atoms in total. The van der Waals surface area contributed by atoms with Crippen LogP contribution in [0, 0.1) is 0 Å². The summed E-state index contributed by atoms with van der Waals surface area (Å²) in [7, 11) is 2.05. The molecule has 1 atom stereocenters. The molecular weight excluding hydrogens is 220 g/mol. The molecule has 1 unspecified atom stereocenters. The molecule has 0 amide bonds. The first-order chi connectivity index (χ1) is 7.36. The summed E-state index contributed by atoms with van der Waals surface area (Å²) in [5.74, 6) is 0.916. The molecule has 0 radical (unpaired) electrons. The lowest BCUT2D eigenvalue weighted by Crippen LogP contribution is -2.30. The van der Waals surface area contributed by atoms with Crippen LogP contribution in [0.3, 0.4) is 0 Å². The number of hydrogen-bond acceptors (Lipinski definition) is 5. The fourth-order valence-electron chi connectivity index (χ4n) is 1.29. The molecule has 1 heterocycles. The van der Waals surface area contributed by atoms with Crippen molar-refractivity contribution in [2.24, 2.45) is 5.73 Å². The molecule has 0 spiro atoms. The van der Waals surface area contributed by atoms with E-state index in [1.54, 1.807) is 0 Å². The molecule has 92 valence electrons. The van der Waals surface area contributed by atoms with E-state index in [0.29, 0.717) is 12.6 Å². The lowest BCUT2D eigenvalue weighted by molar-refractivity contribution is 0.552. The number of nitrogens with zero attached hydrogens (tertiary/aromatic N) is 3. The van der Waals surface area contributed by atoms with Crippen molar-refractivity contribution < 1.29 is 0 Å². The molecular formula is C11H22N4S. The Labute approximate surface area is 102 Å². The Balaban J connectivity index is 2.78. The van der Waals surface area contributed by atoms with Gasteiger partial charge in [0, 0.05) is 30.0 Å². The van der Waals surface area contributed by atoms with Crippen LogP contribution in [0.2, 0.25) is 0 Å². The van der Waals surface area contributed by atoms with Gasteiger partial charge in [-0.25, -0.2) is 4.98 Å². The van der Waals surface area contributed by atoms with E-state index in [9.17, 15) is 0 Å². The minimum atomic E-state index is 0.0205. The SMILES string of the molecule is CC(CCN)N(C)c1nc(C(C)(C)C)ns1. The quantitative estimate of drug-likeness (QED) is 0.877. The van der Waals surface area contributed by atoms with Crippen molar-refractivity contribution in [1.82, 2.24) is 9.36 Å². The van der Waals surface area contributed by atoms with Crippen LogP contribution in [0.4, 0.5) is 5.13 Å². The van der Waals surface area contributed by atoms with Gasteiger partial charge < -0.3 is 10.6 Å². The smallest absolute Gasteiger partial charge is 0.205 e. The van der Waals surface area contributed by atoms with Gasteiger partial charge in [0.2, 0.25) is 5.13 Å². The van der Waals surface area contributed by atoms with Crippen LogP contribution in [0.25, 0.3) is 0 Å². The summed E-state index contributed by atoms with van der Waals surface area (Å²) >= 11 is 1.46. The lowest BCUT2D eigenvalue weighted by Gasteiger charge is -2.23. The van der Waals surface area contributed by atoms with Gasteiger partial charge in [0.25, 0.3) is 0 Å². The monoisotopic (exact) mass is 242 g/mol. The summed E-state index contributed by atoms with van der Waals surface area (Å²) in [6.07, 6.45) is 0.973. The zero-order valence-electron chi connectivity index (χ0n) is 10.8. The summed E-state index contributed by atoms with van der Waals surface area (Å²) in [4.78, 5) is 6.73. The number of rotatable bonds is 4. The first-order valence-electron chi connectivity index (χ1n) is 5.63. The van der Waals surface area contributed by atoms with Gasteiger partial charge in [0.1, 0.15) is 5.82 Å². The maximum Gasteiger partial charge on any atom is 0.205 e. The molecule has 0 aliphatic heterocycles. The van der Waals surface area contributed by atoms with E-state index in [1.165, 1.54) is 11.5 Å². The molecule has 0 saturated heterocycles. The van der Waals surface area contributed by atoms with Gasteiger partial charge >= 0.3 is 0 Å². The third kappa shape index (κ3) is 3.15. The Morgan fingerprint density at radius 3 is 2.50 bits per heavy atom. The minimum absolute atomic E-state index is 0.0205. The Kier molecular flexibility index (Phi) is 4.27. The third-order valence-electron chi connectivity index (χ3n) is 2.63. The average molecular weight is 242 g/mol. The minimum Gasteiger partial charge on any atom is -0.347 e. The van der Waals surface area contributed by atoms with Gasteiger partial charge in [-0.1, -0.05) is 20.8 Å². The second kappa shape index (κ2) is 5.10. The normalized spacial score (nSPS) is 13.9. The van der Waals surface area contributed by atoms with Crippen molar-refractivity contribution in [3.05, 3.63) is 5.82 Å². The Morgan fingerprint density at radius 1 is 1.44 bits per heavy atom. The molecule has 1 rings (SSSR count). The van der Waals surface area contributed by atoms with Crippen LogP contribution in [-0.2, 0) is 5.41 Å². The predicted octanol–water partition coefficient (Wildman–Crippen LogP) is 2.01. The first-order valence-corrected chi connectivity index (χ1v) is 6.40. The average Bonchev–Trinajstić information content (AvgIpc) is 2.65. The third-order valence-corrected chi connectivity index (χ3v) is 3.44. The van der Waals surface area contributed by atoms with Crippen molar-refractivity contribution in [2.75, 3.05) is 18.5 Å². The van der Waals surface area contributed by atoms with Crippen LogP contribution >= 0.6 is 11.5 Å². The van der Waals surface area contributed by atoms with Gasteiger partial charge in [-0.3, -0.25) is 0 Å². The van der Waals surface area contributed by atoms with Crippen molar-refractivity contribution in [1.29, 1.82) is 0 Å². The molecule has 0 saturated carbocycles. The highest BCUT2D eigenvalue weighted by atomic mass is 32.1. The van der Waals surface area contributed by atoms with Crippen molar-refractivity contribution in [2.45, 2.75) is 45.6 Å². The largest absolute Gasteiger partial charge is 0.347 e. The topological polar surface area (TPSA) is 55.0 Å². The number of anilines is 1. The van der Waals surface area contributed by atoms with Gasteiger partial charge in [-0.05, 0) is 19.9 Å². The van der Waals surface area contributed by atoms with Crippen molar-refractivity contribution >= 4 is 16.7 Å². The fourth-order valence-corrected chi connectivity index (χ4v) is 2.21. The molecule has 0 aliphatic carbocycles. The summed E-state index contributed by atoms with van der Waals surface area (Å²) in [5, 5.41) is 0.978. The van der Waals surface area contributed by atoms with Crippen molar-refractivity contribution in [3.63, 3.8) is 0 Å². The molecule has 0 aromatic carbocycles. The van der Waals surface area contributed by atoms with Crippen LogP contribution in [0.1, 0.15) is 39.9 Å². The van der Waals surface area contributed by atoms with E-state index in [-0.39, 0.29) is 5.41 Å². The second-order valence-electron chi connectivity index (χ2n) is 5.19. The van der Waals surface area contributed by atoms with E-state index >= 15 is 0 Å². The van der Waals surface area contributed by atoms with Gasteiger partial charge in [-0.15, -0.1) is 0 Å². The lowest BCUT2D eigenvalue weighted by atomic mass is 9.96. The summed E-state index contributed by atoms with van der Waals surface area (Å²) in [6, 6.07) is 0.408. The second-order valence-corrected chi connectivity index (χ2v) is 5.92. The highest BCUT2D eigenvalue weighted by molar-refractivity contribution is 7.09. The van der Waals surface area contributed by atoms with Crippen LogP contribution in [-0.4, -0.2) is 29.0 Å². The predicted molar refractivity (Wildman–Crippen MR) is 70.1 cm³/mol. The van der Waals surface area contributed by atoms with E-state index in [4.69, 9.17) is 5.73 Å². The van der Waals surface area contributed by atoms with Gasteiger partial charge in [-0.2, -0.15) is 4.37 Å². The molecule has 5 heteroatoms. The maximum atomic E-state index is 5.56. The zero-order chi connectivity index (χ0) is 12.3. The number of hydrogen-bond donors (Lipinski definition) is 1. The van der Waals surface area contributed by atoms with Gasteiger partial charge in [0.05, 0.1) is 0 Å². The standard InChI is InChI=1S/C11H22N4S/c1-8(6-7-12)15(5)10-13-9(14-16-10)11(2,3)4/h8H,6-7,12H2,1-5H3.